The summed E-state index contributed by atoms with van der Waals surface area (Å²) < 4.78 is 63.3. The average molecular weight is 296 g/mol. The van der Waals surface area contributed by atoms with E-state index in [2.05, 4.69) is 4.72 Å². The number of hydrogen-bond donors (Lipinski definition) is 2. The lowest BCUT2D eigenvalue weighted by Crippen LogP contribution is -2.33. The predicted molar refractivity (Wildman–Crippen MR) is 67.1 cm³/mol. The normalized spacial score (nSPS) is 14.2. The molecule has 0 amide bonds. The second-order valence-corrected chi connectivity index (χ2v) is 5.95. The zero-order valence-corrected chi connectivity index (χ0v) is 11.1. The van der Waals surface area contributed by atoms with Crippen LogP contribution in [0.1, 0.15) is 18.9 Å². The second-order valence-electron chi connectivity index (χ2n) is 3.99. The van der Waals surface area contributed by atoms with Crippen molar-refractivity contribution >= 4 is 15.7 Å². The average Bonchev–Trinajstić information content (AvgIpc) is 2.28. The molecule has 0 aliphatic heterocycles. The first-order valence-corrected chi connectivity index (χ1v) is 7.14. The monoisotopic (exact) mass is 296 g/mol. The third-order valence-electron chi connectivity index (χ3n) is 2.61. The summed E-state index contributed by atoms with van der Waals surface area (Å²) >= 11 is 0. The van der Waals surface area contributed by atoms with E-state index < -0.39 is 27.0 Å². The molecule has 1 atom stereocenters. The van der Waals surface area contributed by atoms with Crippen molar-refractivity contribution in [2.75, 3.05) is 11.3 Å². The van der Waals surface area contributed by atoms with E-state index in [9.17, 15) is 21.6 Å². The first kappa shape index (κ1) is 15.8. The van der Waals surface area contributed by atoms with E-state index in [0.717, 1.165) is 18.2 Å². The van der Waals surface area contributed by atoms with E-state index in [1.165, 1.54) is 6.07 Å². The Morgan fingerprint density at radius 3 is 2.47 bits per heavy atom. The van der Waals surface area contributed by atoms with Crippen LogP contribution in [0.25, 0.3) is 0 Å². The molecular weight excluding hydrogens is 281 g/mol. The van der Waals surface area contributed by atoms with Gasteiger partial charge in [0.05, 0.1) is 10.8 Å². The highest BCUT2D eigenvalue weighted by Crippen LogP contribution is 2.31. The summed E-state index contributed by atoms with van der Waals surface area (Å²) in [6.07, 6.45) is -4.23. The zero-order chi connectivity index (χ0) is 14.7. The smallest absolute Gasteiger partial charge is 0.329 e. The van der Waals surface area contributed by atoms with Crippen molar-refractivity contribution in [1.29, 1.82) is 0 Å². The number of nitrogens with one attached hydrogen (secondary N) is 1. The molecular formula is C11H15F3N2O2S. The van der Waals surface area contributed by atoms with Crippen molar-refractivity contribution < 1.29 is 21.6 Å². The van der Waals surface area contributed by atoms with E-state index in [1.807, 2.05) is 0 Å². The largest absolute Gasteiger partial charge is 0.416 e. The number of halogens is 3. The van der Waals surface area contributed by atoms with Gasteiger partial charge in [-0.15, -0.1) is 0 Å². The maximum absolute atomic E-state index is 12.5. The molecule has 0 aliphatic rings. The summed E-state index contributed by atoms with van der Waals surface area (Å²) in [5.41, 5.74) is 4.29. The van der Waals surface area contributed by atoms with E-state index in [0.29, 0.717) is 0 Å². The Labute approximate surface area is 109 Å². The lowest BCUT2D eigenvalue weighted by atomic mass is 10.2. The van der Waals surface area contributed by atoms with Gasteiger partial charge in [-0.1, -0.05) is 13.0 Å². The van der Waals surface area contributed by atoms with E-state index in [1.54, 1.807) is 6.92 Å². The Morgan fingerprint density at radius 1 is 1.37 bits per heavy atom. The minimum Gasteiger partial charge on any atom is -0.329 e. The summed E-state index contributed by atoms with van der Waals surface area (Å²) in [5.74, 6) is 0. The van der Waals surface area contributed by atoms with Crippen LogP contribution in [0, 0.1) is 0 Å². The van der Waals surface area contributed by atoms with Gasteiger partial charge in [0.1, 0.15) is 0 Å². The molecule has 0 aromatic heterocycles. The van der Waals surface area contributed by atoms with Crippen molar-refractivity contribution in [3.05, 3.63) is 29.8 Å². The highest BCUT2D eigenvalue weighted by molar-refractivity contribution is 7.93. The van der Waals surface area contributed by atoms with E-state index >= 15 is 0 Å². The summed E-state index contributed by atoms with van der Waals surface area (Å²) in [5, 5.41) is -0.831. The maximum atomic E-state index is 12.5. The standard InChI is InChI=1S/C11H15F3N2O2S/c1-2-10(7-15)19(17,18)16-9-5-3-4-8(6-9)11(12,13)14/h3-6,10,16H,2,7,15H2,1H3. The predicted octanol–water partition coefficient (Wildman–Crippen LogP) is 2.18. The highest BCUT2D eigenvalue weighted by Gasteiger charge is 2.31. The van der Waals surface area contributed by atoms with Gasteiger partial charge in [0.15, 0.2) is 0 Å². The molecule has 4 nitrogen and oxygen atoms in total. The van der Waals surface area contributed by atoms with Crippen LogP contribution in [0.3, 0.4) is 0 Å². The number of anilines is 1. The van der Waals surface area contributed by atoms with Crippen LogP contribution < -0.4 is 10.5 Å². The Balaban J connectivity index is 3.01. The molecule has 0 heterocycles. The highest BCUT2D eigenvalue weighted by atomic mass is 32.2. The van der Waals surface area contributed by atoms with Gasteiger partial charge in [-0.05, 0) is 24.6 Å². The fraction of sp³-hybridized carbons (Fsp3) is 0.455. The van der Waals surface area contributed by atoms with Crippen molar-refractivity contribution in [3.8, 4) is 0 Å². The van der Waals surface area contributed by atoms with Gasteiger partial charge in [0, 0.05) is 12.2 Å². The number of sulfonamides is 1. The molecule has 0 saturated heterocycles. The molecule has 3 N–H and O–H groups in total. The van der Waals surface area contributed by atoms with Crippen molar-refractivity contribution in [2.24, 2.45) is 5.73 Å². The fourth-order valence-corrected chi connectivity index (χ4v) is 2.83. The van der Waals surface area contributed by atoms with Gasteiger partial charge in [0.2, 0.25) is 10.0 Å². The molecule has 1 unspecified atom stereocenters. The summed E-state index contributed by atoms with van der Waals surface area (Å²) in [7, 11) is -3.78. The molecule has 0 saturated carbocycles. The summed E-state index contributed by atoms with van der Waals surface area (Å²) in [6.45, 7) is 1.55. The third-order valence-corrected chi connectivity index (χ3v) is 4.53. The van der Waals surface area contributed by atoms with Crippen LogP contribution in [0.2, 0.25) is 0 Å². The van der Waals surface area contributed by atoms with Crippen LogP contribution >= 0.6 is 0 Å². The molecule has 108 valence electrons. The lowest BCUT2D eigenvalue weighted by Gasteiger charge is -2.16. The topological polar surface area (TPSA) is 72.2 Å². The number of rotatable bonds is 5. The minimum absolute atomic E-state index is 0.0925. The Kier molecular flexibility index (Phi) is 4.81. The Hall–Kier alpha value is -1.28. The fourth-order valence-electron chi connectivity index (χ4n) is 1.52. The third kappa shape index (κ3) is 4.10. The van der Waals surface area contributed by atoms with Gasteiger partial charge >= 0.3 is 6.18 Å². The molecule has 1 rings (SSSR count). The van der Waals surface area contributed by atoms with Crippen LogP contribution in [0.4, 0.5) is 18.9 Å². The SMILES string of the molecule is CCC(CN)S(=O)(=O)Nc1cccc(C(F)(F)F)c1. The lowest BCUT2D eigenvalue weighted by molar-refractivity contribution is -0.137. The van der Waals surface area contributed by atoms with Crippen molar-refractivity contribution in [2.45, 2.75) is 24.8 Å². The number of hydrogen-bond acceptors (Lipinski definition) is 3. The van der Waals surface area contributed by atoms with Gasteiger partial charge in [-0.2, -0.15) is 13.2 Å². The van der Waals surface area contributed by atoms with Crippen LogP contribution in [0.15, 0.2) is 24.3 Å². The maximum Gasteiger partial charge on any atom is 0.416 e. The molecule has 8 heteroatoms. The molecule has 0 radical (unpaired) electrons. The molecule has 19 heavy (non-hydrogen) atoms. The number of alkyl halides is 3. The summed E-state index contributed by atoms with van der Waals surface area (Å²) in [4.78, 5) is 0. The van der Waals surface area contributed by atoms with E-state index in [4.69, 9.17) is 5.73 Å². The van der Waals surface area contributed by atoms with Crippen LogP contribution in [0.5, 0.6) is 0 Å². The minimum atomic E-state index is -4.51. The number of nitrogens with two attached hydrogens (primary N) is 1. The molecule has 0 aliphatic carbocycles. The quantitative estimate of drug-likeness (QED) is 0.875. The molecule has 0 spiro atoms. The van der Waals surface area contributed by atoms with Crippen LogP contribution in [-0.2, 0) is 16.2 Å². The first-order valence-electron chi connectivity index (χ1n) is 5.59. The van der Waals surface area contributed by atoms with Crippen molar-refractivity contribution in [3.63, 3.8) is 0 Å². The Morgan fingerprint density at radius 2 is 2.00 bits per heavy atom. The van der Waals surface area contributed by atoms with Gasteiger partial charge in [-0.25, -0.2) is 8.42 Å². The van der Waals surface area contributed by atoms with Gasteiger partial charge in [-0.3, -0.25) is 4.72 Å². The van der Waals surface area contributed by atoms with Gasteiger partial charge < -0.3 is 5.73 Å². The zero-order valence-electron chi connectivity index (χ0n) is 10.2. The van der Waals surface area contributed by atoms with Gasteiger partial charge in [0.25, 0.3) is 0 Å². The Bertz CT molecular complexity index is 525. The molecule has 0 fully saturated rings. The molecule has 1 aromatic carbocycles. The van der Waals surface area contributed by atoms with E-state index in [-0.39, 0.29) is 18.7 Å². The molecule has 1 aromatic rings. The second kappa shape index (κ2) is 5.79. The first-order chi connectivity index (χ1) is 8.70. The molecule has 0 bridgehead atoms. The van der Waals surface area contributed by atoms with Crippen molar-refractivity contribution in [1.82, 2.24) is 0 Å². The number of benzene rings is 1. The van der Waals surface area contributed by atoms with Crippen LogP contribution in [-0.4, -0.2) is 20.2 Å². The summed E-state index contributed by atoms with van der Waals surface area (Å²) in [6, 6.07) is 4.03.